The molecule has 2 heterocycles. The van der Waals surface area contributed by atoms with Crippen LogP contribution in [0.5, 0.6) is 11.5 Å². The van der Waals surface area contributed by atoms with Crippen LogP contribution in [0.25, 0.3) is 0 Å². The second-order valence-corrected chi connectivity index (χ2v) is 8.59. The van der Waals surface area contributed by atoms with E-state index in [0.29, 0.717) is 12.8 Å². The SMILES string of the molecule is O=C(Nc1c(Cl)cncc1Cl)c1ccc(OC(F)F)c2c1NCC(C1(O)CCCCC1)O2. The summed E-state index contributed by atoms with van der Waals surface area (Å²) in [5.74, 6) is -0.881. The minimum atomic E-state index is -3.09. The summed E-state index contributed by atoms with van der Waals surface area (Å²) in [5.41, 5.74) is -0.639. The first-order chi connectivity index (χ1) is 15.3. The molecule has 172 valence electrons. The number of nitrogens with zero attached hydrogens (tertiary/aromatic N) is 1. The number of nitrogens with one attached hydrogen (secondary N) is 2. The van der Waals surface area contributed by atoms with Gasteiger partial charge in [0.1, 0.15) is 11.7 Å². The molecule has 1 aromatic heterocycles. The lowest BCUT2D eigenvalue weighted by atomic mass is 9.80. The quantitative estimate of drug-likeness (QED) is 0.542. The van der Waals surface area contributed by atoms with E-state index < -0.39 is 24.2 Å². The lowest BCUT2D eigenvalue weighted by Gasteiger charge is -2.42. The van der Waals surface area contributed by atoms with Gasteiger partial charge in [-0.1, -0.05) is 42.5 Å². The standard InChI is InChI=1S/C21H21Cl2F2N3O4/c22-12-8-26-9-13(23)17(12)28-19(29)11-4-5-14(31-20(24)25)18-16(11)27-10-15(32-18)21(30)6-2-1-3-7-21/h4-5,8-9,15,20,27,30H,1-3,6-7,10H2,(H,26,28,29). The number of fused-ring (bicyclic) bond motifs is 1. The maximum Gasteiger partial charge on any atom is 0.387 e. The molecule has 32 heavy (non-hydrogen) atoms. The van der Waals surface area contributed by atoms with E-state index in [-0.39, 0.29) is 45.0 Å². The minimum absolute atomic E-state index is 0.0554. The van der Waals surface area contributed by atoms with Gasteiger partial charge in [0.2, 0.25) is 0 Å². The summed E-state index contributed by atoms with van der Waals surface area (Å²) >= 11 is 12.1. The fourth-order valence-electron chi connectivity index (χ4n) is 4.11. The van der Waals surface area contributed by atoms with E-state index in [2.05, 4.69) is 20.4 Å². The Kier molecular flexibility index (Phi) is 6.60. The van der Waals surface area contributed by atoms with Crippen LogP contribution in [0.3, 0.4) is 0 Å². The molecule has 2 aromatic rings. The van der Waals surface area contributed by atoms with E-state index in [9.17, 15) is 18.7 Å². The summed E-state index contributed by atoms with van der Waals surface area (Å²) in [7, 11) is 0. The van der Waals surface area contributed by atoms with Crippen molar-refractivity contribution in [3.8, 4) is 11.5 Å². The topological polar surface area (TPSA) is 92.7 Å². The van der Waals surface area contributed by atoms with Crippen LogP contribution in [0, 0.1) is 0 Å². The van der Waals surface area contributed by atoms with Crippen molar-refractivity contribution >= 4 is 40.5 Å². The number of carbonyl (C=O) groups excluding carboxylic acids is 1. The molecule has 4 rings (SSSR count). The van der Waals surface area contributed by atoms with E-state index >= 15 is 0 Å². The minimum Gasteiger partial charge on any atom is -0.479 e. The first-order valence-corrected chi connectivity index (χ1v) is 10.9. The van der Waals surface area contributed by atoms with Crippen LogP contribution in [0.15, 0.2) is 24.5 Å². The number of halogens is 4. The van der Waals surface area contributed by atoms with Crippen molar-refractivity contribution < 1.29 is 28.2 Å². The number of rotatable bonds is 5. The largest absolute Gasteiger partial charge is 0.479 e. The maximum atomic E-state index is 13.0. The van der Waals surface area contributed by atoms with Crippen molar-refractivity contribution in [1.29, 1.82) is 0 Å². The van der Waals surface area contributed by atoms with Gasteiger partial charge in [-0.25, -0.2) is 0 Å². The molecule has 1 aliphatic heterocycles. The third kappa shape index (κ3) is 4.55. The van der Waals surface area contributed by atoms with Crippen LogP contribution < -0.4 is 20.1 Å². The summed E-state index contributed by atoms with van der Waals surface area (Å²) in [6.45, 7) is -2.89. The number of hydrogen-bond donors (Lipinski definition) is 3. The van der Waals surface area contributed by atoms with Crippen LogP contribution >= 0.6 is 23.2 Å². The monoisotopic (exact) mass is 487 g/mol. The van der Waals surface area contributed by atoms with Gasteiger partial charge < -0.3 is 25.2 Å². The number of pyridine rings is 1. The van der Waals surface area contributed by atoms with Crippen molar-refractivity contribution in [2.75, 3.05) is 17.2 Å². The Hall–Kier alpha value is -2.36. The molecule has 1 unspecified atom stereocenters. The van der Waals surface area contributed by atoms with Gasteiger partial charge >= 0.3 is 6.61 Å². The molecule has 1 aromatic carbocycles. The number of carbonyl (C=O) groups is 1. The number of ether oxygens (including phenoxy) is 2. The van der Waals surface area contributed by atoms with Crippen molar-refractivity contribution in [3.05, 3.63) is 40.1 Å². The van der Waals surface area contributed by atoms with Gasteiger partial charge in [0.15, 0.2) is 11.5 Å². The van der Waals surface area contributed by atoms with Crippen molar-refractivity contribution in [3.63, 3.8) is 0 Å². The van der Waals surface area contributed by atoms with Gasteiger partial charge in [-0.15, -0.1) is 0 Å². The van der Waals surface area contributed by atoms with E-state index in [4.69, 9.17) is 27.9 Å². The molecular formula is C21H21Cl2F2N3O4. The normalized spacial score (nSPS) is 19.5. The van der Waals surface area contributed by atoms with Gasteiger partial charge in [-0.3, -0.25) is 9.78 Å². The van der Waals surface area contributed by atoms with Crippen LogP contribution in [0.2, 0.25) is 10.0 Å². The zero-order valence-electron chi connectivity index (χ0n) is 16.8. The smallest absolute Gasteiger partial charge is 0.387 e. The number of benzene rings is 1. The van der Waals surface area contributed by atoms with E-state index in [1.165, 1.54) is 24.5 Å². The highest BCUT2D eigenvalue weighted by Gasteiger charge is 2.42. The summed E-state index contributed by atoms with van der Waals surface area (Å²) in [4.78, 5) is 16.8. The molecule has 1 saturated carbocycles. The van der Waals surface area contributed by atoms with Gasteiger partial charge in [-0.05, 0) is 25.0 Å². The average molecular weight is 488 g/mol. The Morgan fingerprint density at radius 1 is 1.25 bits per heavy atom. The predicted octanol–water partition coefficient (Wildman–Crippen LogP) is 5.11. The molecule has 0 saturated heterocycles. The van der Waals surface area contributed by atoms with E-state index in [1.54, 1.807) is 0 Å². The summed E-state index contributed by atoms with van der Waals surface area (Å²) in [6, 6.07) is 2.56. The Labute approximate surface area is 193 Å². The van der Waals surface area contributed by atoms with E-state index in [0.717, 1.165) is 19.3 Å². The number of anilines is 2. The van der Waals surface area contributed by atoms with Crippen LogP contribution in [-0.2, 0) is 0 Å². The second kappa shape index (κ2) is 9.25. The molecule has 1 fully saturated rings. The highest BCUT2D eigenvalue weighted by molar-refractivity contribution is 6.39. The average Bonchev–Trinajstić information content (AvgIpc) is 2.76. The van der Waals surface area contributed by atoms with Gasteiger partial charge in [-0.2, -0.15) is 8.78 Å². The fraction of sp³-hybridized carbons (Fsp3) is 0.429. The van der Waals surface area contributed by atoms with Crippen LogP contribution in [0.1, 0.15) is 42.5 Å². The first kappa shape index (κ1) is 22.8. The molecule has 1 aliphatic carbocycles. The number of alkyl halides is 2. The Morgan fingerprint density at radius 2 is 1.94 bits per heavy atom. The number of aliphatic hydroxyl groups is 1. The highest BCUT2D eigenvalue weighted by Crippen LogP contribution is 2.45. The van der Waals surface area contributed by atoms with Gasteiger partial charge in [0, 0.05) is 12.4 Å². The van der Waals surface area contributed by atoms with Gasteiger partial charge in [0.05, 0.1) is 33.5 Å². The molecule has 0 radical (unpaired) electrons. The summed E-state index contributed by atoms with van der Waals surface area (Å²) in [5, 5.41) is 17.0. The first-order valence-electron chi connectivity index (χ1n) is 10.1. The number of amides is 1. The molecular weight excluding hydrogens is 467 g/mol. The molecule has 0 bridgehead atoms. The summed E-state index contributed by atoms with van der Waals surface area (Å²) in [6.07, 6.45) is 5.77. The highest BCUT2D eigenvalue weighted by atomic mass is 35.5. The fourth-order valence-corrected chi connectivity index (χ4v) is 4.57. The Morgan fingerprint density at radius 3 is 2.59 bits per heavy atom. The number of hydrogen-bond acceptors (Lipinski definition) is 6. The zero-order valence-corrected chi connectivity index (χ0v) is 18.3. The molecule has 11 heteroatoms. The van der Waals surface area contributed by atoms with Crippen molar-refractivity contribution in [2.24, 2.45) is 0 Å². The van der Waals surface area contributed by atoms with Crippen molar-refractivity contribution in [2.45, 2.75) is 50.4 Å². The van der Waals surface area contributed by atoms with Gasteiger partial charge in [0.25, 0.3) is 5.91 Å². The molecule has 1 amide bonds. The van der Waals surface area contributed by atoms with E-state index in [1.807, 2.05) is 0 Å². The van der Waals surface area contributed by atoms with Crippen molar-refractivity contribution in [1.82, 2.24) is 4.98 Å². The molecule has 7 nitrogen and oxygen atoms in total. The molecule has 3 N–H and O–H groups in total. The van der Waals surface area contributed by atoms with Crippen LogP contribution in [-0.4, -0.2) is 40.9 Å². The summed E-state index contributed by atoms with van der Waals surface area (Å²) < 4.78 is 36.6. The van der Waals surface area contributed by atoms with Crippen LogP contribution in [0.4, 0.5) is 20.2 Å². The third-order valence-corrected chi connectivity index (χ3v) is 6.29. The zero-order chi connectivity index (χ0) is 22.9. The Balaban J connectivity index is 1.67. The molecule has 0 spiro atoms. The number of aromatic nitrogens is 1. The second-order valence-electron chi connectivity index (χ2n) is 7.78. The lowest BCUT2D eigenvalue weighted by molar-refractivity contribution is -0.0859. The molecule has 1 atom stereocenters. The maximum absolute atomic E-state index is 13.0. The lowest BCUT2D eigenvalue weighted by Crippen LogP contribution is -2.52. The molecule has 2 aliphatic rings. The Bertz CT molecular complexity index is 999. The third-order valence-electron chi connectivity index (χ3n) is 5.72. The predicted molar refractivity (Wildman–Crippen MR) is 116 cm³/mol.